The third kappa shape index (κ3) is 4.13. The first kappa shape index (κ1) is 25.9. The van der Waals surface area contributed by atoms with E-state index in [0.29, 0.717) is 24.3 Å². The normalized spacial score (nSPS) is 32.8. The molecule has 10 heteroatoms. The van der Waals surface area contributed by atoms with Gasteiger partial charge in [-0.3, -0.25) is 14.4 Å². The lowest BCUT2D eigenvalue weighted by atomic mass is 9.70. The van der Waals surface area contributed by atoms with Gasteiger partial charge in [-0.15, -0.1) is 0 Å². The highest BCUT2D eigenvalue weighted by molar-refractivity contribution is 9.09. The quantitative estimate of drug-likeness (QED) is 0.357. The van der Waals surface area contributed by atoms with E-state index in [1.165, 1.54) is 4.90 Å². The fraction of sp³-hybridized carbons (Fsp3) is 0.640. The molecule has 0 aromatic heterocycles. The van der Waals surface area contributed by atoms with Gasteiger partial charge in [-0.05, 0) is 43.5 Å². The lowest BCUT2D eigenvalue weighted by Crippen LogP contribution is -2.57. The van der Waals surface area contributed by atoms with Crippen LogP contribution in [0.4, 0.5) is 5.69 Å². The van der Waals surface area contributed by atoms with E-state index in [4.69, 9.17) is 14.2 Å². The van der Waals surface area contributed by atoms with Crippen LogP contribution in [-0.4, -0.2) is 76.7 Å². The molecule has 192 valence electrons. The summed E-state index contributed by atoms with van der Waals surface area (Å²) in [6.45, 7) is 5.50. The summed E-state index contributed by atoms with van der Waals surface area (Å²) in [6.07, 6.45) is 0.517. The number of amides is 2. The Bertz CT molecular complexity index is 973. The maximum atomic E-state index is 14.0. The van der Waals surface area contributed by atoms with Crippen molar-refractivity contribution >= 4 is 39.4 Å². The Balaban J connectivity index is 1.76. The molecule has 3 saturated heterocycles. The van der Waals surface area contributed by atoms with Crippen molar-refractivity contribution in [3.63, 3.8) is 0 Å². The largest absolute Gasteiger partial charge is 0.497 e. The Hall–Kier alpha value is -2.17. The number of hydrogen-bond acceptors (Lipinski definition) is 7. The molecule has 3 aliphatic heterocycles. The number of rotatable bonds is 9. The number of nitrogens with zero attached hydrogens (tertiary/aromatic N) is 1. The summed E-state index contributed by atoms with van der Waals surface area (Å²) in [5, 5.41) is 13.2. The first-order valence-electron chi connectivity index (χ1n) is 12.1. The number of hydrogen-bond donors (Lipinski definition) is 2. The van der Waals surface area contributed by atoms with Gasteiger partial charge in [0.05, 0.1) is 44.3 Å². The van der Waals surface area contributed by atoms with Gasteiger partial charge < -0.3 is 29.5 Å². The van der Waals surface area contributed by atoms with Crippen molar-refractivity contribution < 1.29 is 33.7 Å². The van der Waals surface area contributed by atoms with Crippen LogP contribution in [0.25, 0.3) is 0 Å². The maximum absolute atomic E-state index is 14.0. The van der Waals surface area contributed by atoms with Gasteiger partial charge >= 0.3 is 5.97 Å². The summed E-state index contributed by atoms with van der Waals surface area (Å²) in [5.74, 6) is -2.37. The minimum atomic E-state index is -1.20. The van der Waals surface area contributed by atoms with Gasteiger partial charge in [0, 0.05) is 10.5 Å². The molecule has 9 nitrogen and oxygen atoms in total. The topological polar surface area (TPSA) is 114 Å². The summed E-state index contributed by atoms with van der Waals surface area (Å²) in [6, 6.07) is 5.27. The van der Waals surface area contributed by atoms with Crippen molar-refractivity contribution in [3.8, 4) is 5.75 Å². The molecule has 4 rings (SSSR count). The van der Waals surface area contributed by atoms with Gasteiger partial charge in [0.1, 0.15) is 17.4 Å². The fourth-order valence-electron chi connectivity index (χ4n) is 5.93. The second kappa shape index (κ2) is 10.1. The molecule has 0 aliphatic carbocycles. The second-order valence-corrected chi connectivity index (χ2v) is 10.7. The van der Waals surface area contributed by atoms with E-state index in [1.54, 1.807) is 38.3 Å². The standard InChI is InChI=1S/C25H33BrN2O7/c1-5-13(3)17(12-29)28-21(22(30)27-14-7-9-15(33-4)10-8-14)25-11-16(26)20(35-25)18(19(25)23(28)31)24(32)34-6-2/h7-10,13,16-21,29H,5-6,11-12H2,1-4H3,(H,27,30)/t13-,16?,17-,18-,19-,20-,21?,25?/m0/s1. The fourth-order valence-corrected chi connectivity index (χ4v) is 6.87. The van der Waals surface area contributed by atoms with Crippen molar-refractivity contribution in [2.45, 2.75) is 62.2 Å². The number of ether oxygens (including phenoxy) is 3. The number of halogens is 1. The van der Waals surface area contributed by atoms with E-state index in [9.17, 15) is 19.5 Å². The second-order valence-electron chi connectivity index (χ2n) is 9.51. The Kier molecular flexibility index (Phi) is 7.45. The molecule has 0 radical (unpaired) electrons. The first-order chi connectivity index (χ1) is 16.7. The average molecular weight is 553 g/mol. The van der Waals surface area contributed by atoms with Crippen molar-refractivity contribution in [2.24, 2.45) is 17.8 Å². The minimum Gasteiger partial charge on any atom is -0.497 e. The molecule has 2 bridgehead atoms. The van der Waals surface area contributed by atoms with Crippen molar-refractivity contribution in [1.29, 1.82) is 0 Å². The molecule has 1 aromatic rings. The van der Waals surface area contributed by atoms with Gasteiger partial charge in [-0.2, -0.15) is 0 Å². The lowest BCUT2D eigenvalue weighted by Gasteiger charge is -2.38. The molecule has 2 amide bonds. The number of esters is 1. The molecule has 0 saturated carbocycles. The van der Waals surface area contributed by atoms with Crippen molar-refractivity contribution in [2.75, 3.05) is 25.6 Å². The average Bonchev–Trinajstić information content (AvgIpc) is 3.43. The molecule has 3 heterocycles. The third-order valence-electron chi connectivity index (χ3n) is 7.74. The number of aliphatic hydroxyl groups excluding tert-OH is 1. The summed E-state index contributed by atoms with van der Waals surface area (Å²) >= 11 is 3.62. The zero-order chi connectivity index (χ0) is 25.5. The van der Waals surface area contributed by atoms with Crippen LogP contribution in [0.3, 0.4) is 0 Å². The molecule has 35 heavy (non-hydrogen) atoms. The van der Waals surface area contributed by atoms with E-state index >= 15 is 0 Å². The Morgan fingerprint density at radius 3 is 2.57 bits per heavy atom. The van der Waals surface area contributed by atoms with Gasteiger partial charge in [-0.1, -0.05) is 36.2 Å². The van der Waals surface area contributed by atoms with Crippen LogP contribution in [0.5, 0.6) is 5.75 Å². The molecule has 3 aliphatic rings. The van der Waals surface area contributed by atoms with Crippen LogP contribution < -0.4 is 10.1 Å². The first-order valence-corrected chi connectivity index (χ1v) is 13.0. The predicted octanol–water partition coefficient (Wildman–Crippen LogP) is 2.35. The number of fused-ring (bicyclic) bond motifs is 1. The number of methoxy groups -OCH3 is 1. The highest BCUT2D eigenvalue weighted by Crippen LogP contribution is 2.60. The zero-order valence-corrected chi connectivity index (χ0v) is 22.0. The van der Waals surface area contributed by atoms with E-state index in [0.717, 1.165) is 0 Å². The minimum absolute atomic E-state index is 0.0755. The number of carbonyl (C=O) groups is 3. The molecule has 3 unspecified atom stereocenters. The van der Waals surface area contributed by atoms with Crippen LogP contribution in [-0.2, 0) is 23.9 Å². The highest BCUT2D eigenvalue weighted by atomic mass is 79.9. The van der Waals surface area contributed by atoms with Gasteiger partial charge in [-0.25, -0.2) is 0 Å². The molecule has 1 spiro atoms. The third-order valence-corrected chi connectivity index (χ3v) is 8.58. The number of likely N-dealkylation sites (tertiary alicyclic amines) is 1. The molecule has 3 fully saturated rings. The van der Waals surface area contributed by atoms with Gasteiger partial charge in [0.25, 0.3) is 0 Å². The van der Waals surface area contributed by atoms with Crippen LogP contribution in [0, 0.1) is 17.8 Å². The Morgan fingerprint density at radius 1 is 1.31 bits per heavy atom. The number of nitrogens with one attached hydrogen (secondary N) is 1. The number of carbonyl (C=O) groups excluding carboxylic acids is 3. The van der Waals surface area contributed by atoms with Crippen molar-refractivity contribution in [1.82, 2.24) is 4.90 Å². The molecule has 8 atom stereocenters. The molecular weight excluding hydrogens is 520 g/mol. The summed E-state index contributed by atoms with van der Waals surface area (Å²) < 4.78 is 16.9. The Labute approximate surface area is 213 Å². The number of aliphatic hydroxyl groups is 1. The van der Waals surface area contributed by atoms with Crippen molar-refractivity contribution in [3.05, 3.63) is 24.3 Å². The Morgan fingerprint density at radius 2 is 2.00 bits per heavy atom. The lowest BCUT2D eigenvalue weighted by molar-refractivity contribution is -0.155. The molecular formula is C25H33BrN2O7. The summed E-state index contributed by atoms with van der Waals surface area (Å²) in [7, 11) is 1.56. The van der Waals surface area contributed by atoms with Gasteiger partial charge in [0.2, 0.25) is 11.8 Å². The van der Waals surface area contributed by atoms with Crippen LogP contribution in [0.15, 0.2) is 24.3 Å². The van der Waals surface area contributed by atoms with Crippen LogP contribution in [0.2, 0.25) is 0 Å². The predicted molar refractivity (Wildman–Crippen MR) is 131 cm³/mol. The zero-order valence-electron chi connectivity index (χ0n) is 20.4. The maximum Gasteiger partial charge on any atom is 0.312 e. The number of benzene rings is 1. The monoisotopic (exact) mass is 552 g/mol. The summed E-state index contributed by atoms with van der Waals surface area (Å²) in [4.78, 5) is 42.1. The highest BCUT2D eigenvalue weighted by Gasteiger charge is 2.77. The molecule has 2 N–H and O–H groups in total. The van der Waals surface area contributed by atoms with E-state index in [1.807, 2.05) is 13.8 Å². The SMILES string of the molecule is CCOC(=O)[C@H]1[C@H]2C(=O)N([C@@H](CO)[C@@H](C)CC)C(C(=O)Nc3ccc(OC)cc3)C23CC(Br)[C@@H]1O3. The van der Waals surface area contributed by atoms with E-state index in [-0.39, 0.29) is 29.9 Å². The number of alkyl halides is 1. The van der Waals surface area contributed by atoms with Crippen LogP contribution in [0.1, 0.15) is 33.6 Å². The van der Waals surface area contributed by atoms with Gasteiger partial charge in [0.15, 0.2) is 0 Å². The van der Waals surface area contributed by atoms with Crippen LogP contribution >= 0.6 is 15.9 Å². The molecule has 1 aromatic carbocycles. The number of anilines is 1. The van der Waals surface area contributed by atoms with E-state index in [2.05, 4.69) is 21.2 Å². The smallest absolute Gasteiger partial charge is 0.312 e. The van der Waals surface area contributed by atoms with E-state index < -0.39 is 47.5 Å². The summed E-state index contributed by atoms with van der Waals surface area (Å²) in [5.41, 5.74) is -0.665.